The maximum atomic E-state index is 13.8. The third kappa shape index (κ3) is 4.78. The van der Waals surface area contributed by atoms with E-state index in [0.717, 1.165) is 18.9 Å². The van der Waals surface area contributed by atoms with Gasteiger partial charge in [0.2, 0.25) is 5.91 Å². The van der Waals surface area contributed by atoms with Gasteiger partial charge >= 0.3 is 0 Å². The van der Waals surface area contributed by atoms with Crippen LogP contribution in [-0.2, 0) is 14.6 Å². The number of hydrogen-bond acceptors (Lipinski definition) is 4. The molecule has 1 saturated carbocycles. The monoisotopic (exact) mass is 328 g/mol. The highest BCUT2D eigenvalue weighted by Crippen LogP contribution is 2.27. The first-order valence-corrected chi connectivity index (χ1v) is 9.16. The minimum atomic E-state index is -3.59. The fraction of sp³-hybridized carbons (Fsp3) is 0.533. The zero-order valence-electron chi connectivity index (χ0n) is 12.7. The molecule has 1 amide bonds. The second-order valence-electron chi connectivity index (χ2n) is 5.83. The normalized spacial score (nSPS) is 16.3. The lowest BCUT2D eigenvalue weighted by Gasteiger charge is -2.15. The number of benzene rings is 1. The highest BCUT2D eigenvalue weighted by molar-refractivity contribution is 7.90. The number of hydrogen-bond donors (Lipinski definition) is 2. The van der Waals surface area contributed by atoms with Crippen molar-refractivity contribution >= 4 is 15.7 Å². The van der Waals surface area contributed by atoms with E-state index in [1.54, 1.807) is 6.92 Å². The number of nitrogens with one attached hydrogen (secondary N) is 2. The lowest BCUT2D eigenvalue weighted by Crippen LogP contribution is -2.36. The molecule has 1 atom stereocenters. The van der Waals surface area contributed by atoms with Crippen molar-refractivity contribution in [3.63, 3.8) is 0 Å². The van der Waals surface area contributed by atoms with Gasteiger partial charge in [0.05, 0.1) is 12.6 Å². The van der Waals surface area contributed by atoms with Gasteiger partial charge in [-0.05, 0) is 49.9 Å². The number of sulfone groups is 1. The van der Waals surface area contributed by atoms with Crippen LogP contribution in [0.1, 0.15) is 31.4 Å². The maximum Gasteiger partial charge on any atom is 0.234 e. The van der Waals surface area contributed by atoms with Crippen molar-refractivity contribution in [3.8, 4) is 0 Å². The van der Waals surface area contributed by atoms with E-state index in [0.29, 0.717) is 11.5 Å². The average molecular weight is 328 g/mol. The Morgan fingerprint density at radius 3 is 2.64 bits per heavy atom. The molecule has 2 rings (SSSR count). The molecule has 0 heterocycles. The summed E-state index contributed by atoms with van der Waals surface area (Å²) in [6, 6.07) is 3.51. The van der Waals surface area contributed by atoms with E-state index in [4.69, 9.17) is 0 Å². The van der Waals surface area contributed by atoms with Gasteiger partial charge in [-0.1, -0.05) is 6.07 Å². The van der Waals surface area contributed by atoms with E-state index in [9.17, 15) is 17.6 Å². The van der Waals surface area contributed by atoms with Gasteiger partial charge in [-0.25, -0.2) is 12.8 Å². The zero-order valence-corrected chi connectivity index (χ0v) is 13.5. The fourth-order valence-electron chi connectivity index (χ4n) is 2.17. The highest BCUT2D eigenvalue weighted by Gasteiger charge is 2.21. The molecule has 5 nitrogen and oxygen atoms in total. The lowest BCUT2D eigenvalue weighted by molar-refractivity contribution is -0.120. The van der Waals surface area contributed by atoms with Crippen molar-refractivity contribution in [2.24, 2.45) is 5.92 Å². The molecular formula is C15H21FN2O3S. The van der Waals surface area contributed by atoms with Crippen LogP contribution in [0.3, 0.4) is 0 Å². The molecule has 0 radical (unpaired) electrons. The van der Waals surface area contributed by atoms with E-state index in [-0.39, 0.29) is 17.3 Å². The molecule has 2 N–H and O–H groups in total. The Balaban J connectivity index is 1.92. The SMILES string of the molecule is CC(NC(=O)CNCC1CC1)c1ccc(S(C)(=O)=O)c(F)c1. The van der Waals surface area contributed by atoms with Crippen LogP contribution in [0, 0.1) is 11.7 Å². The number of amides is 1. The summed E-state index contributed by atoms with van der Waals surface area (Å²) in [5.74, 6) is -0.267. The molecule has 1 unspecified atom stereocenters. The van der Waals surface area contributed by atoms with Gasteiger partial charge in [0.1, 0.15) is 10.7 Å². The Morgan fingerprint density at radius 2 is 2.09 bits per heavy atom. The van der Waals surface area contributed by atoms with E-state index in [1.807, 2.05) is 0 Å². The average Bonchev–Trinajstić information content (AvgIpc) is 3.21. The quantitative estimate of drug-likeness (QED) is 0.793. The molecule has 0 aromatic heterocycles. The van der Waals surface area contributed by atoms with Crippen LogP contribution >= 0.6 is 0 Å². The predicted molar refractivity (Wildman–Crippen MR) is 81.7 cm³/mol. The molecule has 0 spiro atoms. The molecule has 122 valence electrons. The molecule has 1 aliphatic carbocycles. The Morgan fingerprint density at radius 1 is 1.41 bits per heavy atom. The fourth-order valence-corrected chi connectivity index (χ4v) is 2.90. The minimum Gasteiger partial charge on any atom is -0.348 e. The lowest BCUT2D eigenvalue weighted by atomic mass is 10.1. The first-order chi connectivity index (χ1) is 10.3. The number of carbonyl (C=O) groups excluding carboxylic acids is 1. The van der Waals surface area contributed by atoms with Gasteiger partial charge in [0.15, 0.2) is 9.84 Å². The van der Waals surface area contributed by atoms with Crippen LogP contribution in [-0.4, -0.2) is 33.7 Å². The van der Waals surface area contributed by atoms with Crippen LogP contribution in [0.2, 0.25) is 0 Å². The Hall–Kier alpha value is -1.47. The molecule has 7 heteroatoms. The van der Waals surface area contributed by atoms with Gasteiger partial charge in [-0.3, -0.25) is 4.79 Å². The van der Waals surface area contributed by atoms with Gasteiger partial charge < -0.3 is 10.6 Å². The van der Waals surface area contributed by atoms with Crippen molar-refractivity contribution in [2.45, 2.75) is 30.7 Å². The third-order valence-electron chi connectivity index (χ3n) is 3.65. The predicted octanol–water partition coefficient (Wildman–Crippen LogP) is 1.41. The highest BCUT2D eigenvalue weighted by atomic mass is 32.2. The molecule has 0 saturated heterocycles. The van der Waals surface area contributed by atoms with Crippen LogP contribution in [0.25, 0.3) is 0 Å². The van der Waals surface area contributed by atoms with Crippen molar-refractivity contribution in [3.05, 3.63) is 29.6 Å². The van der Waals surface area contributed by atoms with Crippen LogP contribution < -0.4 is 10.6 Å². The Bertz CT molecular complexity index is 657. The van der Waals surface area contributed by atoms with E-state index < -0.39 is 21.7 Å². The molecule has 0 aliphatic heterocycles. The summed E-state index contributed by atoms with van der Waals surface area (Å²) >= 11 is 0. The second kappa shape index (κ2) is 6.75. The summed E-state index contributed by atoms with van der Waals surface area (Å²) in [5, 5.41) is 5.84. The maximum absolute atomic E-state index is 13.8. The summed E-state index contributed by atoms with van der Waals surface area (Å²) in [5.41, 5.74) is 0.528. The summed E-state index contributed by atoms with van der Waals surface area (Å²) in [6.45, 7) is 2.80. The Kier molecular flexibility index (Phi) is 5.18. The van der Waals surface area contributed by atoms with Crippen molar-refractivity contribution < 1.29 is 17.6 Å². The molecule has 1 aromatic carbocycles. The summed E-state index contributed by atoms with van der Waals surface area (Å²) in [6.07, 6.45) is 3.40. The van der Waals surface area contributed by atoms with Crippen LogP contribution in [0.5, 0.6) is 0 Å². The van der Waals surface area contributed by atoms with Crippen molar-refractivity contribution in [2.75, 3.05) is 19.3 Å². The summed E-state index contributed by atoms with van der Waals surface area (Å²) in [4.78, 5) is 11.4. The Labute approximate surface area is 130 Å². The molecule has 0 bridgehead atoms. The van der Waals surface area contributed by atoms with Gasteiger partial charge in [-0.15, -0.1) is 0 Å². The molecule has 1 fully saturated rings. The second-order valence-corrected chi connectivity index (χ2v) is 7.81. The summed E-state index contributed by atoms with van der Waals surface area (Å²) < 4.78 is 36.6. The first kappa shape index (κ1) is 16.9. The van der Waals surface area contributed by atoms with Crippen molar-refractivity contribution in [1.82, 2.24) is 10.6 Å². The van der Waals surface area contributed by atoms with E-state index >= 15 is 0 Å². The van der Waals surface area contributed by atoms with Crippen molar-refractivity contribution in [1.29, 1.82) is 0 Å². The van der Waals surface area contributed by atoms with E-state index in [2.05, 4.69) is 10.6 Å². The smallest absolute Gasteiger partial charge is 0.234 e. The summed E-state index contributed by atoms with van der Waals surface area (Å²) in [7, 11) is -3.59. The number of halogens is 1. The topological polar surface area (TPSA) is 75.3 Å². The van der Waals surface area contributed by atoms with Gasteiger partial charge in [-0.2, -0.15) is 0 Å². The molecule has 1 aliphatic rings. The number of carbonyl (C=O) groups is 1. The van der Waals surface area contributed by atoms with Gasteiger partial charge in [0, 0.05) is 6.26 Å². The third-order valence-corrected chi connectivity index (χ3v) is 4.78. The first-order valence-electron chi connectivity index (χ1n) is 7.27. The minimum absolute atomic E-state index is 0.166. The number of rotatable bonds is 7. The van der Waals surface area contributed by atoms with Crippen LogP contribution in [0.15, 0.2) is 23.1 Å². The molecule has 1 aromatic rings. The molecular weight excluding hydrogens is 307 g/mol. The van der Waals surface area contributed by atoms with Crippen LogP contribution in [0.4, 0.5) is 4.39 Å². The standard InChI is InChI=1S/C15H21FN2O3S/c1-10(18-15(19)9-17-8-11-3-4-11)12-5-6-14(13(16)7-12)22(2,20)21/h5-7,10-11,17H,3-4,8-9H2,1-2H3,(H,18,19). The van der Waals surface area contributed by atoms with E-state index in [1.165, 1.54) is 25.0 Å². The zero-order chi connectivity index (χ0) is 16.3. The largest absolute Gasteiger partial charge is 0.348 e. The molecule has 22 heavy (non-hydrogen) atoms. The van der Waals surface area contributed by atoms with Gasteiger partial charge in [0.25, 0.3) is 0 Å².